The van der Waals surface area contributed by atoms with Crippen LogP contribution in [-0.4, -0.2) is 38.6 Å². The van der Waals surface area contributed by atoms with E-state index in [-0.39, 0.29) is 23.2 Å². The monoisotopic (exact) mass is 351 g/mol. The molecule has 1 aliphatic rings. The Labute approximate surface area is 145 Å². The van der Waals surface area contributed by atoms with Crippen LogP contribution in [0.5, 0.6) is 0 Å². The minimum atomic E-state index is -2.01. The maximum Gasteiger partial charge on any atom is 0.314 e. The summed E-state index contributed by atoms with van der Waals surface area (Å²) in [6.45, 7) is 13.5. The molecule has 1 aromatic rings. The van der Waals surface area contributed by atoms with Gasteiger partial charge in [-0.1, -0.05) is 26.8 Å². The fourth-order valence-corrected chi connectivity index (χ4v) is 3.95. The summed E-state index contributed by atoms with van der Waals surface area (Å²) in [6.07, 6.45) is 2.80. The molecular weight excluding hydrogens is 322 g/mol. The molecule has 0 unspecified atom stereocenters. The van der Waals surface area contributed by atoms with Gasteiger partial charge in [0.05, 0.1) is 25.4 Å². The molecule has 0 saturated carbocycles. The molecule has 0 aromatic carbocycles. The van der Waals surface area contributed by atoms with E-state index in [9.17, 15) is 4.79 Å². The van der Waals surface area contributed by atoms with E-state index < -0.39 is 14.2 Å². The number of carbonyl (C=O) groups is 1. The first kappa shape index (κ1) is 19.1. The van der Waals surface area contributed by atoms with Gasteiger partial charge in [-0.3, -0.25) is 9.78 Å². The first-order chi connectivity index (χ1) is 11.2. The number of ether oxygens (including phenoxy) is 2. The van der Waals surface area contributed by atoms with Gasteiger partial charge in [0, 0.05) is 18.0 Å². The summed E-state index contributed by atoms with van der Waals surface area (Å²) in [5.41, 5.74) is 0.886. The lowest BCUT2D eigenvalue weighted by Crippen LogP contribution is -2.47. The zero-order valence-electron chi connectivity index (χ0n) is 15.5. The number of carbonyl (C=O) groups excluding carboxylic acids is 1. The number of rotatable bonds is 5. The SMILES string of the molecule is CCOC(=O)[C@H]1[C@@H](O[Si](C)(C)C(C)(C)C)CO[C@@H]1c1cccnc1. The van der Waals surface area contributed by atoms with E-state index in [0.29, 0.717) is 13.2 Å². The molecular formula is C18H29NO4Si. The van der Waals surface area contributed by atoms with Crippen LogP contribution in [0, 0.1) is 5.92 Å². The van der Waals surface area contributed by atoms with E-state index in [4.69, 9.17) is 13.9 Å². The highest BCUT2D eigenvalue weighted by atomic mass is 28.4. The van der Waals surface area contributed by atoms with E-state index in [1.165, 1.54) is 0 Å². The molecule has 0 radical (unpaired) electrons. The van der Waals surface area contributed by atoms with Crippen LogP contribution in [0.15, 0.2) is 24.5 Å². The standard InChI is InChI=1S/C18H29NO4Si/c1-7-21-17(20)15-14(23-24(5,6)18(2,3)4)12-22-16(15)13-9-8-10-19-11-13/h8-11,14-16H,7,12H2,1-6H3/t14-,15-,16+/m0/s1. The van der Waals surface area contributed by atoms with Gasteiger partial charge < -0.3 is 13.9 Å². The fraction of sp³-hybridized carbons (Fsp3) is 0.667. The van der Waals surface area contributed by atoms with E-state index in [0.717, 1.165) is 5.56 Å². The van der Waals surface area contributed by atoms with Crippen molar-refractivity contribution in [2.75, 3.05) is 13.2 Å². The van der Waals surface area contributed by atoms with Crippen LogP contribution >= 0.6 is 0 Å². The smallest absolute Gasteiger partial charge is 0.314 e. The summed E-state index contributed by atoms with van der Waals surface area (Å²) >= 11 is 0. The lowest BCUT2D eigenvalue weighted by molar-refractivity contribution is -0.152. The van der Waals surface area contributed by atoms with Gasteiger partial charge in [-0.05, 0) is 31.1 Å². The average molecular weight is 352 g/mol. The second kappa shape index (κ2) is 7.33. The van der Waals surface area contributed by atoms with E-state index >= 15 is 0 Å². The Balaban J connectivity index is 2.26. The Morgan fingerprint density at radius 3 is 2.67 bits per heavy atom. The molecule has 2 rings (SSSR count). The van der Waals surface area contributed by atoms with Crippen molar-refractivity contribution in [3.8, 4) is 0 Å². The van der Waals surface area contributed by atoms with Crippen LogP contribution in [0.2, 0.25) is 18.1 Å². The van der Waals surface area contributed by atoms with Crippen molar-refractivity contribution >= 4 is 14.3 Å². The van der Waals surface area contributed by atoms with Gasteiger partial charge in [-0.15, -0.1) is 0 Å². The van der Waals surface area contributed by atoms with Crippen molar-refractivity contribution in [2.45, 2.75) is 58.0 Å². The Morgan fingerprint density at radius 2 is 2.12 bits per heavy atom. The second-order valence-corrected chi connectivity index (χ2v) is 12.5. The highest BCUT2D eigenvalue weighted by Crippen LogP contribution is 2.43. The van der Waals surface area contributed by atoms with E-state index in [2.05, 4.69) is 38.8 Å². The topological polar surface area (TPSA) is 57.7 Å². The maximum absolute atomic E-state index is 12.6. The van der Waals surface area contributed by atoms with Crippen LogP contribution in [-0.2, 0) is 18.7 Å². The maximum atomic E-state index is 12.6. The molecule has 0 amide bonds. The molecule has 0 spiro atoms. The molecule has 24 heavy (non-hydrogen) atoms. The number of aromatic nitrogens is 1. The molecule has 3 atom stereocenters. The molecule has 1 saturated heterocycles. The van der Waals surface area contributed by atoms with E-state index in [1.54, 1.807) is 12.4 Å². The number of nitrogens with zero attached hydrogens (tertiary/aromatic N) is 1. The molecule has 6 heteroatoms. The van der Waals surface area contributed by atoms with Crippen molar-refractivity contribution in [2.24, 2.45) is 5.92 Å². The Hall–Kier alpha value is -1.24. The summed E-state index contributed by atoms with van der Waals surface area (Å²) in [6, 6.07) is 3.78. The molecule has 1 aromatic heterocycles. The number of hydrogen-bond donors (Lipinski definition) is 0. The van der Waals surface area contributed by atoms with Gasteiger partial charge in [0.15, 0.2) is 8.32 Å². The first-order valence-electron chi connectivity index (χ1n) is 8.53. The van der Waals surface area contributed by atoms with Crippen LogP contribution in [0.25, 0.3) is 0 Å². The summed E-state index contributed by atoms with van der Waals surface area (Å²) in [7, 11) is -2.01. The second-order valence-electron chi connectivity index (χ2n) is 7.73. The number of hydrogen-bond acceptors (Lipinski definition) is 5. The summed E-state index contributed by atoms with van der Waals surface area (Å²) < 4.78 is 17.7. The number of pyridine rings is 1. The van der Waals surface area contributed by atoms with Gasteiger partial charge in [0.2, 0.25) is 0 Å². The molecule has 0 N–H and O–H groups in total. The van der Waals surface area contributed by atoms with Crippen molar-refractivity contribution in [3.05, 3.63) is 30.1 Å². The third-order valence-corrected chi connectivity index (χ3v) is 9.50. The average Bonchev–Trinajstić information content (AvgIpc) is 2.90. The minimum absolute atomic E-state index is 0.0681. The largest absolute Gasteiger partial charge is 0.466 e. The van der Waals surface area contributed by atoms with Crippen LogP contribution in [0.4, 0.5) is 0 Å². The Morgan fingerprint density at radius 1 is 1.42 bits per heavy atom. The third kappa shape index (κ3) is 4.04. The summed E-state index contributed by atoms with van der Waals surface area (Å²) in [5, 5.41) is 0.0681. The van der Waals surface area contributed by atoms with Gasteiger partial charge in [-0.2, -0.15) is 0 Å². The fourth-order valence-electron chi connectivity index (χ4n) is 2.63. The summed E-state index contributed by atoms with van der Waals surface area (Å²) in [4.78, 5) is 16.7. The highest BCUT2D eigenvalue weighted by molar-refractivity contribution is 6.74. The molecule has 1 aliphatic heterocycles. The van der Waals surface area contributed by atoms with Crippen LogP contribution in [0.3, 0.4) is 0 Å². The Bertz CT molecular complexity index is 556. The zero-order chi connectivity index (χ0) is 18.0. The number of esters is 1. The molecule has 2 heterocycles. The predicted molar refractivity (Wildman–Crippen MR) is 95.1 cm³/mol. The van der Waals surface area contributed by atoms with Crippen molar-refractivity contribution in [1.29, 1.82) is 0 Å². The first-order valence-corrected chi connectivity index (χ1v) is 11.4. The molecule has 5 nitrogen and oxygen atoms in total. The lowest BCUT2D eigenvalue weighted by atomic mass is 9.94. The molecule has 1 fully saturated rings. The van der Waals surface area contributed by atoms with Crippen molar-refractivity contribution < 1.29 is 18.7 Å². The van der Waals surface area contributed by atoms with Crippen LogP contribution < -0.4 is 0 Å². The van der Waals surface area contributed by atoms with E-state index in [1.807, 2.05) is 19.1 Å². The van der Waals surface area contributed by atoms with Crippen LogP contribution in [0.1, 0.15) is 39.4 Å². The molecule has 0 bridgehead atoms. The molecule has 0 aliphatic carbocycles. The van der Waals surface area contributed by atoms with Crippen molar-refractivity contribution in [1.82, 2.24) is 4.98 Å². The van der Waals surface area contributed by atoms with Gasteiger partial charge in [0.25, 0.3) is 0 Å². The normalized spacial score (nSPS) is 24.8. The van der Waals surface area contributed by atoms with Gasteiger partial charge in [-0.25, -0.2) is 0 Å². The van der Waals surface area contributed by atoms with Gasteiger partial charge >= 0.3 is 5.97 Å². The zero-order valence-corrected chi connectivity index (χ0v) is 16.5. The third-order valence-electron chi connectivity index (χ3n) is 4.99. The van der Waals surface area contributed by atoms with Crippen molar-refractivity contribution in [3.63, 3.8) is 0 Å². The predicted octanol–water partition coefficient (Wildman–Crippen LogP) is 3.72. The highest BCUT2D eigenvalue weighted by Gasteiger charge is 2.49. The quantitative estimate of drug-likeness (QED) is 0.598. The lowest BCUT2D eigenvalue weighted by Gasteiger charge is -2.39. The van der Waals surface area contributed by atoms with Gasteiger partial charge in [0.1, 0.15) is 5.92 Å². The minimum Gasteiger partial charge on any atom is -0.466 e. The summed E-state index contributed by atoms with van der Waals surface area (Å²) in [5.74, 6) is -0.712. The molecule has 134 valence electrons. The Kier molecular flexibility index (Phi) is 5.83.